The number of amides is 1. The summed E-state index contributed by atoms with van der Waals surface area (Å²) in [6, 6.07) is 3.75. The van der Waals surface area contributed by atoms with Gasteiger partial charge in [-0.3, -0.25) is 9.69 Å². The largest absolute Gasteiger partial charge is 0.506 e. The molecule has 1 aromatic heterocycles. The highest BCUT2D eigenvalue weighted by Gasteiger charge is 2.58. The first-order chi connectivity index (χ1) is 16.6. The summed E-state index contributed by atoms with van der Waals surface area (Å²) >= 11 is 6.35. The summed E-state index contributed by atoms with van der Waals surface area (Å²) in [5, 5.41) is 22.1. The molecule has 2 heterocycles. The summed E-state index contributed by atoms with van der Waals surface area (Å²) in [4.78, 5) is 33.5. The molecule has 5 fully saturated rings. The maximum Gasteiger partial charge on any atom is 0.506 e. The first kappa shape index (κ1) is 24.1. The van der Waals surface area contributed by atoms with Crippen LogP contribution in [-0.2, 0) is 9.53 Å². The van der Waals surface area contributed by atoms with Crippen molar-refractivity contribution in [2.75, 3.05) is 31.1 Å². The molecule has 2 atom stereocenters. The number of hydrogen-bond donors (Lipinski definition) is 2. The highest BCUT2D eigenvalue weighted by Crippen LogP contribution is 2.57. The van der Waals surface area contributed by atoms with Crippen LogP contribution in [0, 0.1) is 29.1 Å². The summed E-state index contributed by atoms with van der Waals surface area (Å²) in [6.45, 7) is 6.68. The molecule has 9 nitrogen and oxygen atoms in total. The average molecular weight is 502 g/mol. The standard InChI is InChI=1S/C25H32ClN5O4/c1-24(2,31-5-3-30(4-6-31)21-19(26)9-16(13-27)14-28-21)22(32)29-20-17-7-15-8-18(20)12-25(10-15,11-17)35-23(33)34/h9,14-15,17-18,20H,3-8,10-12H2,1-2H3,(H,29,32)(H,33,34). The van der Waals surface area contributed by atoms with Gasteiger partial charge < -0.3 is 20.1 Å². The van der Waals surface area contributed by atoms with Gasteiger partial charge in [-0.2, -0.15) is 5.26 Å². The fourth-order valence-corrected chi connectivity index (χ4v) is 7.45. The number of ether oxygens (including phenoxy) is 1. The zero-order valence-electron chi connectivity index (χ0n) is 20.2. The minimum Gasteiger partial charge on any atom is -0.450 e. The lowest BCUT2D eigenvalue weighted by Gasteiger charge is -2.59. The molecule has 10 heteroatoms. The first-order valence-corrected chi connectivity index (χ1v) is 12.8. The fraction of sp³-hybridized carbons (Fsp3) is 0.680. The number of carbonyl (C=O) groups is 2. The Morgan fingerprint density at radius 1 is 1.23 bits per heavy atom. The number of carbonyl (C=O) groups excluding carboxylic acids is 1. The molecule has 0 spiro atoms. The molecule has 1 saturated heterocycles. The van der Waals surface area contributed by atoms with Crippen molar-refractivity contribution in [3.8, 4) is 6.07 Å². The topological polar surface area (TPSA) is 119 Å². The number of pyridine rings is 1. The fourth-order valence-electron chi connectivity index (χ4n) is 7.17. The van der Waals surface area contributed by atoms with E-state index in [0.717, 1.165) is 19.3 Å². The van der Waals surface area contributed by atoms with E-state index >= 15 is 0 Å². The van der Waals surface area contributed by atoms with Crippen LogP contribution in [-0.4, -0.2) is 70.4 Å². The second kappa shape index (κ2) is 8.82. The minimum absolute atomic E-state index is 0.0196. The summed E-state index contributed by atoms with van der Waals surface area (Å²) in [7, 11) is 0. The van der Waals surface area contributed by atoms with E-state index in [9.17, 15) is 14.7 Å². The van der Waals surface area contributed by atoms with Crippen LogP contribution in [0.1, 0.15) is 51.5 Å². The SMILES string of the molecule is CC(C)(C(=O)NC1C2CC3CC1CC(OC(=O)O)(C3)C2)N1CCN(c2ncc(C#N)cc2Cl)CC1. The van der Waals surface area contributed by atoms with Gasteiger partial charge in [0.1, 0.15) is 17.5 Å². The molecule has 6 rings (SSSR count). The van der Waals surface area contributed by atoms with E-state index in [-0.39, 0.29) is 23.8 Å². The van der Waals surface area contributed by atoms with E-state index in [0.29, 0.717) is 61.3 Å². The Morgan fingerprint density at radius 2 is 1.89 bits per heavy atom. The van der Waals surface area contributed by atoms with E-state index in [1.165, 1.54) is 6.20 Å². The number of carboxylic acid groups (broad SMARTS) is 1. The van der Waals surface area contributed by atoms with Gasteiger partial charge in [0.05, 0.1) is 16.1 Å². The Bertz CT molecular complexity index is 1050. The van der Waals surface area contributed by atoms with Crippen LogP contribution in [0.2, 0.25) is 5.02 Å². The van der Waals surface area contributed by atoms with Gasteiger partial charge in [-0.15, -0.1) is 0 Å². The summed E-state index contributed by atoms with van der Waals surface area (Å²) in [5.41, 5.74) is -0.811. The van der Waals surface area contributed by atoms with Crippen molar-refractivity contribution < 1.29 is 19.4 Å². The number of halogens is 1. The number of piperazine rings is 1. The third-order valence-electron chi connectivity index (χ3n) is 8.69. The molecular formula is C25H32ClN5O4. The Kier molecular flexibility index (Phi) is 6.09. The first-order valence-electron chi connectivity index (χ1n) is 12.4. The predicted molar refractivity (Wildman–Crippen MR) is 129 cm³/mol. The molecule has 2 N–H and O–H groups in total. The van der Waals surface area contributed by atoms with Gasteiger partial charge in [0, 0.05) is 38.4 Å². The maximum absolute atomic E-state index is 13.5. The van der Waals surface area contributed by atoms with Crippen LogP contribution in [0.15, 0.2) is 12.3 Å². The van der Waals surface area contributed by atoms with Gasteiger partial charge in [-0.05, 0) is 69.8 Å². The van der Waals surface area contributed by atoms with E-state index in [1.807, 2.05) is 19.9 Å². The van der Waals surface area contributed by atoms with Crippen molar-refractivity contribution in [3.63, 3.8) is 0 Å². The van der Waals surface area contributed by atoms with Gasteiger partial charge in [-0.1, -0.05) is 11.6 Å². The predicted octanol–water partition coefficient (Wildman–Crippen LogP) is 3.27. The highest BCUT2D eigenvalue weighted by atomic mass is 35.5. The van der Waals surface area contributed by atoms with E-state index in [2.05, 4.69) is 20.1 Å². The van der Waals surface area contributed by atoms with Gasteiger partial charge in [0.25, 0.3) is 0 Å². The second-order valence-electron chi connectivity index (χ2n) is 11.2. The average Bonchev–Trinajstić information content (AvgIpc) is 2.80. The zero-order chi connectivity index (χ0) is 25.0. The summed E-state index contributed by atoms with van der Waals surface area (Å²) < 4.78 is 5.39. The van der Waals surface area contributed by atoms with E-state index < -0.39 is 17.3 Å². The number of anilines is 1. The van der Waals surface area contributed by atoms with Crippen LogP contribution in [0.5, 0.6) is 0 Å². The van der Waals surface area contributed by atoms with Gasteiger partial charge >= 0.3 is 6.16 Å². The third-order valence-corrected chi connectivity index (χ3v) is 8.97. The van der Waals surface area contributed by atoms with Crippen molar-refractivity contribution >= 4 is 29.5 Å². The van der Waals surface area contributed by atoms with Crippen molar-refractivity contribution in [2.24, 2.45) is 17.8 Å². The van der Waals surface area contributed by atoms with Gasteiger partial charge in [0.15, 0.2) is 0 Å². The minimum atomic E-state index is -1.19. The van der Waals surface area contributed by atoms with E-state index in [4.69, 9.17) is 21.6 Å². The quantitative estimate of drug-likeness (QED) is 0.590. The zero-order valence-corrected chi connectivity index (χ0v) is 20.9. The molecule has 0 aromatic carbocycles. The maximum atomic E-state index is 13.5. The van der Waals surface area contributed by atoms with E-state index in [1.54, 1.807) is 6.07 Å². The van der Waals surface area contributed by atoms with Gasteiger partial charge in [-0.25, -0.2) is 9.78 Å². The molecule has 35 heavy (non-hydrogen) atoms. The molecule has 2 unspecified atom stereocenters. The lowest BCUT2D eigenvalue weighted by atomic mass is 9.52. The molecule has 4 saturated carbocycles. The molecule has 5 aliphatic rings. The molecule has 4 aliphatic carbocycles. The Balaban J connectivity index is 1.21. The number of nitriles is 1. The number of nitrogens with one attached hydrogen (secondary N) is 1. The van der Waals surface area contributed by atoms with Crippen molar-refractivity contribution in [3.05, 3.63) is 22.8 Å². The molecule has 4 bridgehead atoms. The molecular weight excluding hydrogens is 470 g/mol. The summed E-state index contributed by atoms with van der Waals surface area (Å²) in [5.74, 6) is 1.71. The highest BCUT2D eigenvalue weighted by molar-refractivity contribution is 6.33. The van der Waals surface area contributed by atoms with Crippen LogP contribution >= 0.6 is 11.6 Å². The third kappa shape index (κ3) is 4.43. The Hall–Kier alpha value is -2.57. The van der Waals surface area contributed by atoms with Gasteiger partial charge in [0.2, 0.25) is 5.91 Å². The molecule has 1 aromatic rings. The van der Waals surface area contributed by atoms with Crippen LogP contribution in [0.3, 0.4) is 0 Å². The summed E-state index contributed by atoms with van der Waals surface area (Å²) in [6.07, 6.45) is 4.63. The normalized spacial score (nSPS) is 32.2. The monoisotopic (exact) mass is 501 g/mol. The smallest absolute Gasteiger partial charge is 0.450 e. The van der Waals surface area contributed by atoms with Crippen molar-refractivity contribution in [2.45, 2.75) is 63.1 Å². The molecule has 0 radical (unpaired) electrons. The molecule has 1 aliphatic heterocycles. The second-order valence-corrected chi connectivity index (χ2v) is 11.6. The number of nitrogens with zero attached hydrogens (tertiary/aromatic N) is 4. The number of aromatic nitrogens is 1. The van der Waals surface area contributed by atoms with Crippen molar-refractivity contribution in [1.29, 1.82) is 5.26 Å². The number of hydrogen-bond acceptors (Lipinski definition) is 7. The van der Waals surface area contributed by atoms with Crippen LogP contribution in [0.4, 0.5) is 10.6 Å². The lowest BCUT2D eigenvalue weighted by molar-refractivity contribution is -0.157. The Morgan fingerprint density at radius 3 is 2.46 bits per heavy atom. The van der Waals surface area contributed by atoms with Crippen molar-refractivity contribution in [1.82, 2.24) is 15.2 Å². The number of rotatable bonds is 5. The molecule has 1 amide bonds. The van der Waals surface area contributed by atoms with Crippen LogP contribution in [0.25, 0.3) is 0 Å². The van der Waals surface area contributed by atoms with Crippen LogP contribution < -0.4 is 10.2 Å². The Labute approximate surface area is 210 Å². The molecule has 188 valence electrons. The lowest BCUT2D eigenvalue weighted by Crippen LogP contribution is -2.66.